The van der Waals surface area contributed by atoms with Gasteiger partial charge in [0.2, 0.25) is 0 Å². The third kappa shape index (κ3) is 2.81. The number of aromatic nitrogens is 3. The van der Waals surface area contributed by atoms with Crippen molar-refractivity contribution in [2.24, 2.45) is 0 Å². The van der Waals surface area contributed by atoms with E-state index in [2.05, 4.69) is 9.97 Å². The summed E-state index contributed by atoms with van der Waals surface area (Å²) in [6.07, 6.45) is 0.0115. The van der Waals surface area contributed by atoms with Crippen LogP contribution in [0.15, 0.2) is 48.9 Å². The van der Waals surface area contributed by atoms with Gasteiger partial charge >= 0.3 is 0 Å². The molecular formula is C18H19N3O4. The lowest BCUT2D eigenvalue weighted by atomic mass is 10.1. The quantitative estimate of drug-likeness (QED) is 0.644. The molecule has 0 saturated carbocycles. The lowest BCUT2D eigenvalue weighted by molar-refractivity contribution is -0.0508. The Kier molecular flexibility index (Phi) is 4.22. The molecule has 0 spiro atoms. The molecule has 0 unspecified atom stereocenters. The highest BCUT2D eigenvalue weighted by Gasteiger charge is 2.43. The van der Waals surface area contributed by atoms with E-state index in [1.54, 1.807) is 10.8 Å². The topological polar surface area (TPSA) is 101 Å². The number of fused-ring (bicyclic) bond motifs is 1. The average molecular weight is 341 g/mol. The number of hydrogen-bond acceptors (Lipinski definition) is 6. The lowest BCUT2D eigenvalue weighted by Gasteiger charge is -2.17. The molecule has 1 aliphatic rings. The first-order chi connectivity index (χ1) is 12.2. The van der Waals surface area contributed by atoms with Gasteiger partial charge in [0.05, 0.1) is 12.3 Å². The summed E-state index contributed by atoms with van der Waals surface area (Å²) in [7, 11) is 0. The Labute approximate surface area is 144 Å². The van der Waals surface area contributed by atoms with Crippen molar-refractivity contribution < 1.29 is 20.1 Å². The monoisotopic (exact) mass is 341 g/mol. The average Bonchev–Trinajstić information content (AvgIpc) is 3.18. The fourth-order valence-corrected chi connectivity index (χ4v) is 3.27. The van der Waals surface area contributed by atoms with Crippen LogP contribution in [0.3, 0.4) is 0 Å². The Morgan fingerprint density at radius 1 is 1.04 bits per heavy atom. The van der Waals surface area contributed by atoms with Crippen LogP contribution in [-0.4, -0.2) is 54.8 Å². The molecule has 3 N–H and O–H groups in total. The van der Waals surface area contributed by atoms with E-state index in [1.165, 1.54) is 6.33 Å². The van der Waals surface area contributed by atoms with Crippen molar-refractivity contribution in [3.8, 4) is 0 Å². The van der Waals surface area contributed by atoms with E-state index < -0.39 is 24.5 Å². The Bertz CT molecular complexity index is 867. The number of ether oxygens (including phenoxy) is 1. The van der Waals surface area contributed by atoms with Gasteiger partial charge in [0.15, 0.2) is 6.23 Å². The van der Waals surface area contributed by atoms with Crippen molar-refractivity contribution in [3.05, 3.63) is 60.2 Å². The van der Waals surface area contributed by atoms with Crippen LogP contribution in [0.4, 0.5) is 0 Å². The van der Waals surface area contributed by atoms with E-state index in [0.717, 1.165) is 16.6 Å². The third-order valence-electron chi connectivity index (χ3n) is 4.60. The van der Waals surface area contributed by atoms with Crippen molar-refractivity contribution >= 4 is 11.0 Å². The van der Waals surface area contributed by atoms with Crippen LogP contribution in [0, 0.1) is 0 Å². The first-order valence-corrected chi connectivity index (χ1v) is 8.16. The molecule has 1 aromatic carbocycles. The molecule has 7 heteroatoms. The maximum Gasteiger partial charge on any atom is 0.164 e. The summed E-state index contributed by atoms with van der Waals surface area (Å²) in [5, 5.41) is 30.3. The first kappa shape index (κ1) is 16.2. The van der Waals surface area contributed by atoms with Crippen LogP contribution >= 0.6 is 0 Å². The minimum atomic E-state index is -1.14. The standard InChI is InChI=1S/C18H19N3O4/c22-9-14-15(23)16(24)18(25-14)21-7-6-12-13(19-10-20-17(12)21)8-11-4-2-1-3-5-11/h1-7,10,14-16,18,22-24H,8-9H2/t14-,15-,16-,18-/m1/s1. The molecule has 0 bridgehead atoms. The van der Waals surface area contributed by atoms with E-state index in [9.17, 15) is 15.3 Å². The van der Waals surface area contributed by atoms with Gasteiger partial charge in [-0.1, -0.05) is 30.3 Å². The van der Waals surface area contributed by atoms with Crippen LogP contribution in [0.2, 0.25) is 0 Å². The van der Waals surface area contributed by atoms with Crippen LogP contribution in [0.1, 0.15) is 17.5 Å². The predicted octanol–water partition coefficient (Wildman–Crippen LogP) is 0.634. The van der Waals surface area contributed by atoms with Crippen LogP contribution < -0.4 is 0 Å². The van der Waals surface area contributed by atoms with Gasteiger partial charge < -0.3 is 24.6 Å². The molecule has 0 aliphatic carbocycles. The van der Waals surface area contributed by atoms with Gasteiger partial charge in [-0.25, -0.2) is 9.97 Å². The van der Waals surface area contributed by atoms with Crippen LogP contribution in [-0.2, 0) is 11.2 Å². The minimum Gasteiger partial charge on any atom is -0.394 e. The number of benzene rings is 1. The smallest absolute Gasteiger partial charge is 0.164 e. The Hall–Kier alpha value is -2.32. The van der Waals surface area contributed by atoms with E-state index in [1.807, 2.05) is 36.4 Å². The van der Waals surface area contributed by atoms with Crippen molar-refractivity contribution in [2.75, 3.05) is 6.61 Å². The summed E-state index contributed by atoms with van der Waals surface area (Å²) in [4.78, 5) is 8.71. The van der Waals surface area contributed by atoms with Gasteiger partial charge in [-0.2, -0.15) is 0 Å². The fraction of sp³-hybridized carbons (Fsp3) is 0.333. The molecule has 1 fully saturated rings. The van der Waals surface area contributed by atoms with E-state index in [4.69, 9.17) is 4.74 Å². The second-order valence-electron chi connectivity index (χ2n) is 6.17. The largest absolute Gasteiger partial charge is 0.394 e. The lowest BCUT2D eigenvalue weighted by Crippen LogP contribution is -2.33. The molecule has 130 valence electrons. The van der Waals surface area contributed by atoms with Gasteiger partial charge in [-0.05, 0) is 11.6 Å². The van der Waals surface area contributed by atoms with Gasteiger partial charge in [-0.15, -0.1) is 0 Å². The molecule has 3 heterocycles. The van der Waals surface area contributed by atoms with Crippen LogP contribution in [0.25, 0.3) is 11.0 Å². The maximum absolute atomic E-state index is 10.2. The molecule has 4 rings (SSSR count). The zero-order valence-electron chi connectivity index (χ0n) is 13.4. The minimum absolute atomic E-state index is 0.359. The Morgan fingerprint density at radius 3 is 2.56 bits per heavy atom. The summed E-state index contributed by atoms with van der Waals surface area (Å²) in [6.45, 7) is -0.359. The first-order valence-electron chi connectivity index (χ1n) is 8.16. The van der Waals surface area contributed by atoms with E-state index >= 15 is 0 Å². The fourth-order valence-electron chi connectivity index (χ4n) is 3.27. The highest BCUT2D eigenvalue weighted by atomic mass is 16.6. The summed E-state index contributed by atoms with van der Waals surface area (Å²) < 4.78 is 7.27. The number of nitrogens with zero attached hydrogens (tertiary/aromatic N) is 3. The van der Waals surface area contributed by atoms with E-state index in [-0.39, 0.29) is 6.61 Å². The second-order valence-corrected chi connectivity index (χ2v) is 6.17. The van der Waals surface area contributed by atoms with Gasteiger partial charge in [0.1, 0.15) is 30.3 Å². The van der Waals surface area contributed by atoms with Crippen molar-refractivity contribution in [1.82, 2.24) is 14.5 Å². The number of aliphatic hydroxyl groups is 3. The van der Waals surface area contributed by atoms with Crippen molar-refractivity contribution in [1.29, 1.82) is 0 Å². The highest BCUT2D eigenvalue weighted by Crippen LogP contribution is 2.32. The Morgan fingerprint density at radius 2 is 1.84 bits per heavy atom. The molecule has 1 aliphatic heterocycles. The third-order valence-corrected chi connectivity index (χ3v) is 4.60. The van der Waals surface area contributed by atoms with E-state index in [0.29, 0.717) is 12.1 Å². The van der Waals surface area contributed by atoms with Crippen molar-refractivity contribution in [3.63, 3.8) is 0 Å². The highest BCUT2D eigenvalue weighted by molar-refractivity contribution is 5.79. The zero-order chi connectivity index (χ0) is 17.4. The normalized spacial score (nSPS) is 26.4. The second kappa shape index (κ2) is 6.53. The van der Waals surface area contributed by atoms with Gasteiger partial charge in [0, 0.05) is 18.0 Å². The SMILES string of the molecule is OC[C@H]1O[C@@H](n2ccc3c(Cc4ccccc4)ncnc32)[C@H](O)[C@@H]1O. The summed E-state index contributed by atoms with van der Waals surface area (Å²) in [5.74, 6) is 0. The van der Waals surface area contributed by atoms with Crippen LogP contribution in [0.5, 0.6) is 0 Å². The Balaban J connectivity index is 1.70. The molecule has 1 saturated heterocycles. The molecule has 3 aromatic rings. The number of hydrogen-bond donors (Lipinski definition) is 3. The maximum atomic E-state index is 10.2. The molecule has 0 radical (unpaired) electrons. The summed E-state index contributed by atoms with van der Waals surface area (Å²) in [5.41, 5.74) is 2.64. The molecule has 25 heavy (non-hydrogen) atoms. The molecule has 4 atom stereocenters. The molecular weight excluding hydrogens is 322 g/mol. The molecule has 7 nitrogen and oxygen atoms in total. The van der Waals surface area contributed by atoms with Crippen molar-refractivity contribution in [2.45, 2.75) is 31.0 Å². The predicted molar refractivity (Wildman–Crippen MR) is 89.8 cm³/mol. The zero-order valence-corrected chi connectivity index (χ0v) is 13.4. The number of aliphatic hydroxyl groups excluding tert-OH is 3. The van der Waals surface area contributed by atoms with Gasteiger partial charge in [0.25, 0.3) is 0 Å². The molecule has 0 amide bonds. The summed E-state index contributed by atoms with van der Waals surface area (Å²) in [6, 6.07) is 11.9. The number of rotatable bonds is 4. The molecule has 2 aromatic heterocycles. The summed E-state index contributed by atoms with van der Waals surface area (Å²) >= 11 is 0. The van der Waals surface area contributed by atoms with Gasteiger partial charge in [-0.3, -0.25) is 0 Å².